The molecule has 0 aliphatic carbocycles. The third-order valence-corrected chi connectivity index (χ3v) is 26.2. The predicted molar refractivity (Wildman–Crippen MR) is 158 cm³/mol. The minimum Gasteiger partial charge on any atom is -0.456 e. The van der Waals surface area contributed by atoms with E-state index in [1.54, 1.807) is 0 Å². The molecule has 0 aromatic rings. The summed E-state index contributed by atoms with van der Waals surface area (Å²) in [5.74, 6) is 0. The minimum absolute atomic E-state index is 0.123. The maximum absolute atomic E-state index is 10.0. The van der Waals surface area contributed by atoms with Gasteiger partial charge in [-0.25, -0.2) is 0 Å². The van der Waals surface area contributed by atoms with Crippen LogP contribution in [0.5, 0.6) is 0 Å². The molecule has 0 spiro atoms. The Hall–Kier alpha value is 0.668. The summed E-state index contributed by atoms with van der Waals surface area (Å²) < 4.78 is 18.7. The molecule has 1 atom stereocenters. The highest BCUT2D eigenvalue weighted by Crippen LogP contribution is 2.30. The predicted octanol–water partition coefficient (Wildman–Crippen LogP) is 6.58. The number of hydrogen-bond acceptors (Lipinski definition) is 5. The van der Waals surface area contributed by atoms with Crippen LogP contribution in [0.25, 0.3) is 0 Å². The Morgan fingerprint density at radius 3 is 1.47 bits per heavy atom. The molecule has 206 valence electrons. The molecular formula is C25H60O5Si4. The summed E-state index contributed by atoms with van der Waals surface area (Å²) in [6.07, 6.45) is 2.05. The van der Waals surface area contributed by atoms with Gasteiger partial charge in [0.15, 0.2) is 16.6 Å². The van der Waals surface area contributed by atoms with Crippen LogP contribution in [0.1, 0.15) is 33.6 Å². The second-order valence-corrected chi connectivity index (χ2v) is 33.7. The molecule has 1 unspecified atom stereocenters. The molecule has 34 heavy (non-hydrogen) atoms. The molecule has 0 bridgehead atoms. The highest BCUT2D eigenvalue weighted by Gasteiger charge is 2.38. The number of aliphatic hydroxyl groups excluding tert-OH is 2. The molecule has 9 heteroatoms. The Morgan fingerprint density at radius 2 is 1.12 bits per heavy atom. The molecular weight excluding hydrogens is 493 g/mol. The van der Waals surface area contributed by atoms with E-state index in [2.05, 4.69) is 66.6 Å². The highest BCUT2D eigenvalue weighted by atomic mass is 28.4. The van der Waals surface area contributed by atoms with Gasteiger partial charge in [0.1, 0.15) is 0 Å². The van der Waals surface area contributed by atoms with Gasteiger partial charge < -0.3 is 23.8 Å². The first-order valence-corrected chi connectivity index (χ1v) is 26.5. The normalized spacial score (nSPS) is 15.5. The smallest absolute Gasteiger partial charge is 0.174 e. The molecule has 5 nitrogen and oxygen atoms in total. The largest absolute Gasteiger partial charge is 0.456 e. The molecule has 0 rings (SSSR count). The quantitative estimate of drug-likeness (QED) is 0.124. The van der Waals surface area contributed by atoms with Crippen molar-refractivity contribution in [2.45, 2.75) is 115 Å². The van der Waals surface area contributed by atoms with Crippen LogP contribution >= 0.6 is 0 Å². The van der Waals surface area contributed by atoms with E-state index in [0.717, 1.165) is 18.9 Å². The van der Waals surface area contributed by atoms with Gasteiger partial charge in [-0.1, -0.05) is 64.6 Å². The monoisotopic (exact) mass is 552 g/mol. The number of aliphatic hydroxyl groups is 2. The molecule has 0 aromatic heterocycles. The summed E-state index contributed by atoms with van der Waals surface area (Å²) in [4.78, 5) is 0. The zero-order valence-corrected chi connectivity index (χ0v) is 28.5. The van der Waals surface area contributed by atoms with Crippen molar-refractivity contribution < 1.29 is 23.8 Å². The first kappa shape index (κ1) is 34.7. The van der Waals surface area contributed by atoms with Crippen LogP contribution < -0.4 is 0 Å². The average Bonchev–Trinajstić information content (AvgIpc) is 2.72. The van der Waals surface area contributed by atoms with Crippen LogP contribution in [0.4, 0.5) is 0 Å². The fraction of sp³-hybridized carbons (Fsp3) is 1.00. The molecule has 0 aromatic carbocycles. The van der Waals surface area contributed by atoms with Crippen molar-refractivity contribution in [2.75, 3.05) is 39.6 Å². The van der Waals surface area contributed by atoms with Gasteiger partial charge in [-0.2, -0.15) is 0 Å². The first-order chi connectivity index (χ1) is 15.6. The second kappa shape index (κ2) is 15.8. The van der Waals surface area contributed by atoms with E-state index in [-0.39, 0.29) is 13.2 Å². The average molecular weight is 553 g/mol. The maximum Gasteiger partial charge on any atom is 0.174 e. The Kier molecular flexibility index (Phi) is 16.1. The van der Waals surface area contributed by atoms with E-state index in [4.69, 9.17) is 13.6 Å². The van der Waals surface area contributed by atoms with Gasteiger partial charge >= 0.3 is 0 Å². The van der Waals surface area contributed by atoms with Crippen LogP contribution in [0.15, 0.2) is 0 Å². The topological polar surface area (TPSA) is 68.2 Å². The van der Waals surface area contributed by atoms with E-state index >= 15 is 0 Å². The number of rotatable bonds is 21. The fourth-order valence-electron chi connectivity index (χ4n) is 5.27. The Labute approximate surface area is 216 Å². The molecule has 0 aliphatic rings. The lowest BCUT2D eigenvalue weighted by Gasteiger charge is -2.38. The van der Waals surface area contributed by atoms with Gasteiger partial charge in [0, 0.05) is 21.3 Å². The highest BCUT2D eigenvalue weighted by molar-refractivity contribution is 6.96. The molecule has 0 saturated heterocycles. The van der Waals surface area contributed by atoms with Crippen molar-refractivity contribution in [3.63, 3.8) is 0 Å². The standard InChI is InChI=1S/C25H60O5Si4/c1-11-34(12-2,13-3)19-15-17-29-23-25(20-26,21-27)22-28-16-14-18-33(10,24-31(4,5)6)30-32(7,8)9/h26-27H,11-24H2,1-10H3. The van der Waals surface area contributed by atoms with Crippen molar-refractivity contribution >= 4 is 32.8 Å². The Morgan fingerprint density at radius 1 is 0.676 bits per heavy atom. The van der Waals surface area contributed by atoms with Crippen molar-refractivity contribution in [3.05, 3.63) is 0 Å². The molecule has 0 radical (unpaired) electrons. The van der Waals surface area contributed by atoms with Gasteiger partial charge in [0.2, 0.25) is 0 Å². The summed E-state index contributed by atoms with van der Waals surface area (Å²) >= 11 is 0. The van der Waals surface area contributed by atoms with Crippen LogP contribution in [0.2, 0.25) is 81.7 Å². The lowest BCUT2D eigenvalue weighted by Crippen LogP contribution is -2.49. The lowest BCUT2D eigenvalue weighted by molar-refractivity contribution is -0.0767. The van der Waals surface area contributed by atoms with E-state index < -0.39 is 38.2 Å². The molecule has 0 saturated carbocycles. The van der Waals surface area contributed by atoms with Crippen molar-refractivity contribution in [3.8, 4) is 0 Å². The van der Waals surface area contributed by atoms with Gasteiger partial charge in [-0.15, -0.1) is 0 Å². The summed E-state index contributed by atoms with van der Waals surface area (Å²) in [5.41, 5.74) is 0.566. The number of ether oxygens (including phenoxy) is 2. The van der Waals surface area contributed by atoms with Gasteiger partial charge in [-0.3, -0.25) is 0 Å². The van der Waals surface area contributed by atoms with E-state index in [0.29, 0.717) is 26.4 Å². The summed E-state index contributed by atoms with van der Waals surface area (Å²) in [6, 6.07) is 6.44. The molecule has 0 fully saturated rings. The van der Waals surface area contributed by atoms with Gasteiger partial charge in [0.05, 0.1) is 39.9 Å². The van der Waals surface area contributed by atoms with E-state index in [9.17, 15) is 10.2 Å². The zero-order valence-electron chi connectivity index (χ0n) is 24.5. The summed E-state index contributed by atoms with van der Waals surface area (Å²) in [5, 5.41) is 20.0. The zero-order chi connectivity index (χ0) is 26.5. The second-order valence-electron chi connectivity index (χ2n) is 13.1. The molecule has 2 N–H and O–H groups in total. The molecule has 0 amide bonds. The third-order valence-electron chi connectivity index (χ3n) is 7.18. The minimum atomic E-state index is -1.76. The molecule has 0 aliphatic heterocycles. The van der Waals surface area contributed by atoms with Crippen LogP contribution in [0.3, 0.4) is 0 Å². The first-order valence-electron chi connectivity index (χ1n) is 13.7. The maximum atomic E-state index is 10.0. The Bertz CT molecular complexity index is 502. The van der Waals surface area contributed by atoms with Gasteiger partial charge in [-0.05, 0) is 50.7 Å². The van der Waals surface area contributed by atoms with E-state index in [1.807, 2.05) is 0 Å². The lowest BCUT2D eigenvalue weighted by atomic mass is 9.92. The molecule has 0 heterocycles. The van der Waals surface area contributed by atoms with Gasteiger partial charge in [0.25, 0.3) is 0 Å². The van der Waals surface area contributed by atoms with Crippen LogP contribution in [0, 0.1) is 5.41 Å². The summed E-state index contributed by atoms with van der Waals surface area (Å²) in [7, 11) is -5.66. The number of hydrogen-bond donors (Lipinski definition) is 2. The third kappa shape index (κ3) is 14.4. The fourth-order valence-corrected chi connectivity index (χ4v) is 26.6. The SMILES string of the molecule is CC[Si](CC)(CC)CCCOCC(CO)(CO)COCCC[Si](C)(C[Si](C)(C)C)O[Si](C)(C)C. The Balaban J connectivity index is 4.61. The van der Waals surface area contributed by atoms with Crippen molar-refractivity contribution in [1.29, 1.82) is 0 Å². The van der Waals surface area contributed by atoms with Crippen LogP contribution in [-0.2, 0) is 13.6 Å². The van der Waals surface area contributed by atoms with Crippen molar-refractivity contribution in [1.82, 2.24) is 0 Å². The summed E-state index contributed by atoms with van der Waals surface area (Å²) in [6.45, 7) is 25.4. The van der Waals surface area contributed by atoms with E-state index in [1.165, 1.54) is 29.8 Å². The van der Waals surface area contributed by atoms with Crippen molar-refractivity contribution in [2.24, 2.45) is 5.41 Å². The van der Waals surface area contributed by atoms with Crippen LogP contribution in [-0.4, -0.2) is 82.6 Å².